The van der Waals surface area contributed by atoms with Gasteiger partial charge in [-0.1, -0.05) is 20.3 Å². The third-order valence-electron chi connectivity index (χ3n) is 3.45. The van der Waals surface area contributed by atoms with E-state index in [0.29, 0.717) is 0 Å². The van der Waals surface area contributed by atoms with Gasteiger partial charge in [0.25, 0.3) is 0 Å². The second-order valence-corrected chi connectivity index (χ2v) is 4.54. The summed E-state index contributed by atoms with van der Waals surface area (Å²) >= 11 is 0. The Kier molecular flexibility index (Phi) is 1.92. The minimum Gasteiger partial charge on any atom is -0.311 e. The van der Waals surface area contributed by atoms with Crippen molar-refractivity contribution in [2.24, 2.45) is 11.8 Å². The van der Waals surface area contributed by atoms with Gasteiger partial charge >= 0.3 is 0 Å². The van der Waals surface area contributed by atoms with Crippen LogP contribution in [0.1, 0.15) is 39.5 Å². The van der Waals surface area contributed by atoms with Crippen LogP contribution in [0.2, 0.25) is 0 Å². The van der Waals surface area contributed by atoms with Crippen molar-refractivity contribution in [2.45, 2.75) is 51.6 Å². The molecular weight excluding hydrogens is 134 g/mol. The molecule has 2 aliphatic heterocycles. The first-order valence-corrected chi connectivity index (χ1v) is 5.03. The molecule has 1 heteroatoms. The summed E-state index contributed by atoms with van der Waals surface area (Å²) in [5, 5.41) is 3.72. The lowest BCUT2D eigenvalue weighted by Crippen LogP contribution is -2.36. The molecule has 0 aromatic rings. The third kappa shape index (κ3) is 1.31. The zero-order valence-corrected chi connectivity index (χ0v) is 7.64. The number of fused-ring (bicyclic) bond motifs is 2. The highest BCUT2D eigenvalue weighted by molar-refractivity contribution is 4.95. The maximum Gasteiger partial charge on any atom is 0.0101 e. The van der Waals surface area contributed by atoms with Crippen molar-refractivity contribution < 1.29 is 0 Å². The van der Waals surface area contributed by atoms with Crippen LogP contribution in [0.5, 0.6) is 0 Å². The Labute approximate surface area is 69.6 Å². The summed E-state index contributed by atoms with van der Waals surface area (Å²) in [4.78, 5) is 0. The van der Waals surface area contributed by atoms with Crippen LogP contribution < -0.4 is 5.32 Å². The quantitative estimate of drug-likeness (QED) is 0.609. The lowest BCUT2D eigenvalue weighted by molar-refractivity contribution is 0.318. The van der Waals surface area contributed by atoms with Crippen molar-refractivity contribution in [1.82, 2.24) is 5.32 Å². The summed E-state index contributed by atoms with van der Waals surface area (Å²) in [6.45, 7) is 4.74. The Hall–Kier alpha value is -0.0400. The molecule has 11 heavy (non-hydrogen) atoms. The zero-order valence-electron chi connectivity index (χ0n) is 7.64. The van der Waals surface area contributed by atoms with Gasteiger partial charge in [0.05, 0.1) is 0 Å². The topological polar surface area (TPSA) is 12.0 Å². The molecule has 2 fully saturated rings. The standard InChI is InChI=1S/C10H19N/c1-7(2)9-6-8-4-3-5-10(9)11-8/h7-11H,3-6H2,1-2H3. The van der Waals surface area contributed by atoms with Gasteiger partial charge in [0, 0.05) is 12.1 Å². The molecule has 0 radical (unpaired) electrons. The first-order valence-electron chi connectivity index (χ1n) is 5.03. The fourth-order valence-corrected chi connectivity index (χ4v) is 2.81. The Morgan fingerprint density at radius 3 is 2.73 bits per heavy atom. The lowest BCUT2D eigenvalue weighted by atomic mass is 9.88. The van der Waals surface area contributed by atoms with Crippen molar-refractivity contribution >= 4 is 0 Å². The molecule has 2 heterocycles. The Bertz CT molecular complexity index is 142. The molecular formula is C10H19N. The molecule has 0 spiro atoms. The van der Waals surface area contributed by atoms with Crippen LogP contribution in [0.3, 0.4) is 0 Å². The number of rotatable bonds is 1. The van der Waals surface area contributed by atoms with Crippen LogP contribution >= 0.6 is 0 Å². The summed E-state index contributed by atoms with van der Waals surface area (Å²) in [6, 6.07) is 1.75. The number of nitrogens with one attached hydrogen (secondary N) is 1. The fraction of sp³-hybridized carbons (Fsp3) is 1.00. The van der Waals surface area contributed by atoms with Gasteiger partial charge in [-0.3, -0.25) is 0 Å². The Balaban J connectivity index is 2.03. The third-order valence-corrected chi connectivity index (χ3v) is 3.45. The SMILES string of the molecule is CC(C)C1CC2CCCC1N2. The van der Waals surface area contributed by atoms with Crippen LogP contribution in [0, 0.1) is 11.8 Å². The molecule has 2 aliphatic rings. The largest absolute Gasteiger partial charge is 0.311 e. The second kappa shape index (κ2) is 2.78. The zero-order chi connectivity index (χ0) is 7.84. The molecule has 2 saturated heterocycles. The smallest absolute Gasteiger partial charge is 0.0101 e. The van der Waals surface area contributed by atoms with Crippen molar-refractivity contribution in [3.05, 3.63) is 0 Å². The number of hydrogen-bond acceptors (Lipinski definition) is 1. The molecule has 3 atom stereocenters. The molecule has 0 amide bonds. The predicted molar refractivity (Wildman–Crippen MR) is 47.5 cm³/mol. The maximum atomic E-state index is 3.72. The Morgan fingerprint density at radius 2 is 2.09 bits per heavy atom. The first-order chi connectivity index (χ1) is 5.27. The van der Waals surface area contributed by atoms with Crippen molar-refractivity contribution in [3.63, 3.8) is 0 Å². The minimum atomic E-state index is 0.869. The van der Waals surface area contributed by atoms with Crippen molar-refractivity contribution in [1.29, 1.82) is 0 Å². The highest BCUT2D eigenvalue weighted by Crippen LogP contribution is 2.35. The molecule has 1 N–H and O–H groups in total. The van der Waals surface area contributed by atoms with E-state index in [1.54, 1.807) is 0 Å². The number of piperidine rings is 1. The van der Waals surface area contributed by atoms with Crippen LogP contribution in [-0.4, -0.2) is 12.1 Å². The highest BCUT2D eigenvalue weighted by Gasteiger charge is 2.37. The minimum absolute atomic E-state index is 0.869. The summed E-state index contributed by atoms with van der Waals surface area (Å²) in [5.74, 6) is 1.86. The lowest BCUT2D eigenvalue weighted by Gasteiger charge is -2.24. The molecule has 0 aliphatic carbocycles. The van der Waals surface area contributed by atoms with Gasteiger partial charge in [-0.2, -0.15) is 0 Å². The van der Waals surface area contributed by atoms with Gasteiger partial charge in [-0.05, 0) is 31.1 Å². The van der Waals surface area contributed by atoms with Gasteiger partial charge in [0.2, 0.25) is 0 Å². The van der Waals surface area contributed by atoms with Gasteiger partial charge in [-0.25, -0.2) is 0 Å². The first kappa shape index (κ1) is 7.60. The van der Waals surface area contributed by atoms with Crippen molar-refractivity contribution in [3.8, 4) is 0 Å². The molecule has 1 nitrogen and oxygen atoms in total. The molecule has 2 bridgehead atoms. The Morgan fingerprint density at radius 1 is 1.27 bits per heavy atom. The van der Waals surface area contributed by atoms with E-state index in [0.717, 1.165) is 23.9 Å². The van der Waals surface area contributed by atoms with E-state index in [1.807, 2.05) is 0 Å². The van der Waals surface area contributed by atoms with E-state index in [9.17, 15) is 0 Å². The van der Waals surface area contributed by atoms with Gasteiger partial charge in [-0.15, -0.1) is 0 Å². The summed E-state index contributed by atoms with van der Waals surface area (Å²) in [5.41, 5.74) is 0. The van der Waals surface area contributed by atoms with E-state index in [4.69, 9.17) is 0 Å². The molecule has 0 aromatic carbocycles. The van der Waals surface area contributed by atoms with Gasteiger partial charge < -0.3 is 5.32 Å². The fourth-order valence-electron chi connectivity index (χ4n) is 2.81. The second-order valence-electron chi connectivity index (χ2n) is 4.54. The van der Waals surface area contributed by atoms with E-state index in [-0.39, 0.29) is 0 Å². The van der Waals surface area contributed by atoms with Crippen LogP contribution in [0.25, 0.3) is 0 Å². The van der Waals surface area contributed by atoms with E-state index < -0.39 is 0 Å². The van der Waals surface area contributed by atoms with E-state index >= 15 is 0 Å². The highest BCUT2D eigenvalue weighted by atomic mass is 15.0. The van der Waals surface area contributed by atoms with Gasteiger partial charge in [0.15, 0.2) is 0 Å². The molecule has 3 unspecified atom stereocenters. The van der Waals surface area contributed by atoms with Crippen LogP contribution in [0.4, 0.5) is 0 Å². The number of hydrogen-bond donors (Lipinski definition) is 1. The summed E-state index contributed by atoms with van der Waals surface area (Å²) in [6.07, 6.45) is 5.77. The van der Waals surface area contributed by atoms with Crippen molar-refractivity contribution in [2.75, 3.05) is 0 Å². The van der Waals surface area contributed by atoms with Gasteiger partial charge in [0.1, 0.15) is 0 Å². The monoisotopic (exact) mass is 153 g/mol. The summed E-state index contributed by atoms with van der Waals surface area (Å²) in [7, 11) is 0. The average Bonchev–Trinajstić information content (AvgIpc) is 2.27. The molecule has 2 rings (SSSR count). The molecule has 64 valence electrons. The molecule has 0 aromatic heterocycles. The van der Waals surface area contributed by atoms with E-state index in [1.165, 1.54) is 25.7 Å². The van der Waals surface area contributed by atoms with Crippen LogP contribution in [-0.2, 0) is 0 Å². The van der Waals surface area contributed by atoms with Crippen LogP contribution in [0.15, 0.2) is 0 Å². The molecule has 0 saturated carbocycles. The average molecular weight is 153 g/mol. The summed E-state index contributed by atoms with van der Waals surface area (Å²) < 4.78 is 0. The van der Waals surface area contributed by atoms with E-state index in [2.05, 4.69) is 19.2 Å². The normalized spacial score (nSPS) is 43.4. The predicted octanol–water partition coefficient (Wildman–Crippen LogP) is 2.17. The maximum absolute atomic E-state index is 3.72.